The summed E-state index contributed by atoms with van der Waals surface area (Å²) in [5.41, 5.74) is 0. The number of hydrogen-bond donors (Lipinski definition) is 1. The average Bonchev–Trinajstić information content (AvgIpc) is 1.57. The van der Waals surface area contributed by atoms with E-state index in [2.05, 4.69) is 257 Å². The van der Waals surface area contributed by atoms with Crippen molar-refractivity contribution >= 4 is 19.8 Å². The molecule has 0 aromatic heterocycles. The lowest BCUT2D eigenvalue weighted by Crippen LogP contribution is -2.37. The molecular weight excluding hydrogens is 1180 g/mol. The van der Waals surface area contributed by atoms with Crippen LogP contribution in [0.5, 0.6) is 0 Å². The van der Waals surface area contributed by atoms with Crippen LogP contribution in [0.3, 0.4) is 0 Å². The van der Waals surface area contributed by atoms with Gasteiger partial charge in [0.15, 0.2) is 6.10 Å². The molecular formula is C84H129NO8P+. The van der Waals surface area contributed by atoms with Crippen molar-refractivity contribution < 1.29 is 42.1 Å². The van der Waals surface area contributed by atoms with Crippen molar-refractivity contribution in [2.45, 2.75) is 225 Å². The van der Waals surface area contributed by atoms with Gasteiger partial charge in [-0.2, -0.15) is 0 Å². The molecule has 522 valence electrons. The lowest BCUT2D eigenvalue weighted by Gasteiger charge is -2.24. The van der Waals surface area contributed by atoms with Gasteiger partial charge in [0.05, 0.1) is 27.7 Å². The maximum absolute atomic E-state index is 12.9. The molecule has 0 aromatic carbocycles. The number of allylic oxidation sites excluding steroid dienone is 40. The highest BCUT2D eigenvalue weighted by atomic mass is 31.2. The van der Waals surface area contributed by atoms with E-state index in [-0.39, 0.29) is 26.1 Å². The van der Waals surface area contributed by atoms with Gasteiger partial charge in [0.2, 0.25) is 0 Å². The monoisotopic (exact) mass is 1310 g/mol. The van der Waals surface area contributed by atoms with E-state index < -0.39 is 32.5 Å². The normalized spacial score (nSPS) is 14.6. The second-order valence-electron chi connectivity index (χ2n) is 23.8. The largest absolute Gasteiger partial charge is 0.472 e. The van der Waals surface area contributed by atoms with E-state index in [0.29, 0.717) is 23.9 Å². The highest BCUT2D eigenvalue weighted by Gasteiger charge is 2.27. The van der Waals surface area contributed by atoms with Crippen molar-refractivity contribution in [3.05, 3.63) is 243 Å². The zero-order chi connectivity index (χ0) is 68.3. The maximum atomic E-state index is 12.9. The molecule has 0 saturated heterocycles. The van der Waals surface area contributed by atoms with Gasteiger partial charge in [0, 0.05) is 12.8 Å². The van der Waals surface area contributed by atoms with E-state index in [1.807, 2.05) is 21.1 Å². The number of likely N-dealkylation sites (N-methyl/N-ethyl adjacent to an activating group) is 1. The van der Waals surface area contributed by atoms with Crippen LogP contribution >= 0.6 is 7.82 Å². The molecule has 0 amide bonds. The second kappa shape index (κ2) is 71.1. The Morgan fingerprint density at radius 1 is 0.330 bits per heavy atom. The average molecular weight is 1310 g/mol. The third-order valence-corrected chi connectivity index (χ3v) is 14.9. The van der Waals surface area contributed by atoms with Gasteiger partial charge in [-0.25, -0.2) is 4.57 Å². The van der Waals surface area contributed by atoms with Crippen LogP contribution in [-0.4, -0.2) is 74.9 Å². The summed E-state index contributed by atoms with van der Waals surface area (Å²) in [4.78, 5) is 35.9. The molecule has 2 unspecified atom stereocenters. The second-order valence-corrected chi connectivity index (χ2v) is 25.3. The van der Waals surface area contributed by atoms with E-state index in [4.69, 9.17) is 18.5 Å². The molecule has 9 nitrogen and oxygen atoms in total. The topological polar surface area (TPSA) is 108 Å². The van der Waals surface area contributed by atoms with Crippen LogP contribution < -0.4 is 0 Å². The van der Waals surface area contributed by atoms with Gasteiger partial charge in [-0.05, 0) is 161 Å². The Morgan fingerprint density at radius 2 is 0.585 bits per heavy atom. The number of nitrogens with zero attached hydrogens (tertiary/aromatic N) is 1. The Kier molecular flexibility index (Phi) is 66.4. The third-order valence-electron chi connectivity index (χ3n) is 13.9. The SMILES string of the molecule is CC/C=C\C/C=C\C/C=C\C/C=C\C/C=C\C/C=C\C/C=C\C/C=C\C/C=C\C/C=C\C/C=C\CCCCCCCCCC(=O)OC(COC(=O)CCC/C=C\C/C=C\C/C=C\C/C=C\C/C=C\C/C=C\C/C=C\C/C=C\C/C=C\CC)COP(=O)(O)OCC[N+](C)(C)C. The van der Waals surface area contributed by atoms with E-state index in [0.717, 1.165) is 167 Å². The van der Waals surface area contributed by atoms with Crippen LogP contribution in [0.1, 0.15) is 219 Å². The Labute approximate surface area is 574 Å². The van der Waals surface area contributed by atoms with E-state index >= 15 is 0 Å². The number of carbonyl (C=O) groups excluding carboxylic acids is 2. The fourth-order valence-electron chi connectivity index (χ4n) is 8.49. The maximum Gasteiger partial charge on any atom is 0.472 e. The Hall–Kier alpha value is -6.19. The number of phosphoric ester groups is 1. The summed E-state index contributed by atoms with van der Waals surface area (Å²) >= 11 is 0. The molecule has 0 rings (SSSR count). The van der Waals surface area contributed by atoms with Gasteiger partial charge >= 0.3 is 19.8 Å². The molecule has 0 fully saturated rings. The molecule has 0 aromatic rings. The summed E-state index contributed by atoms with van der Waals surface area (Å²) in [6.45, 7) is 4.09. The van der Waals surface area contributed by atoms with Crippen molar-refractivity contribution in [1.29, 1.82) is 0 Å². The zero-order valence-corrected chi connectivity index (χ0v) is 60.2. The van der Waals surface area contributed by atoms with Crippen LogP contribution in [0.2, 0.25) is 0 Å². The standard InChI is InChI=1S/C84H128NO8P/c1-6-8-10-12-14-16-18-20-22-24-26-28-30-32-34-36-37-38-39-40-41-42-43-44-45-46-47-49-51-53-55-57-59-61-63-65-67-69-71-73-75-77-84(87)93-82(81-92-94(88,89)91-79-78-85(3,4)5)80-90-83(86)76-74-72-70-68-66-64-62-60-58-56-54-52-50-48-35-33-31-29-27-25-23-21-19-17-15-13-11-9-7-2/h8-11,14-17,20-23,26-29,32-35,37-38,40-41,43-44,46-47,50-53,56-59,62,64,68,70,82H,6-7,12-13,18-19,24-25,30-31,36,39,42,45,48-49,54-55,60-61,63,65-67,69,71-81H2,1-5H3/p+1/b10-8-,11-9-,16-14-,17-15-,22-20-,23-21-,28-26-,29-27-,34-32-,35-33-,38-37-,41-40-,44-43-,47-46-,52-50-,53-51-,58-56-,59-57-,64-62-,70-68-. The molecule has 10 heteroatoms. The molecule has 94 heavy (non-hydrogen) atoms. The smallest absolute Gasteiger partial charge is 0.462 e. The van der Waals surface area contributed by atoms with Crippen molar-refractivity contribution in [3.8, 4) is 0 Å². The third kappa shape index (κ3) is 74.8. The lowest BCUT2D eigenvalue weighted by atomic mass is 10.1. The summed E-state index contributed by atoms with van der Waals surface area (Å²) in [6, 6.07) is 0. The first-order valence-electron chi connectivity index (χ1n) is 35.8. The fraction of sp³-hybridized carbons (Fsp3) is 0.500. The van der Waals surface area contributed by atoms with Gasteiger partial charge in [-0.3, -0.25) is 18.6 Å². The van der Waals surface area contributed by atoms with Gasteiger partial charge in [-0.15, -0.1) is 0 Å². The highest BCUT2D eigenvalue weighted by Crippen LogP contribution is 2.43. The minimum absolute atomic E-state index is 0.00586. The minimum Gasteiger partial charge on any atom is -0.462 e. The summed E-state index contributed by atoms with van der Waals surface area (Å²) in [6.07, 6.45) is 117. The number of phosphoric acid groups is 1. The van der Waals surface area contributed by atoms with Gasteiger partial charge < -0.3 is 18.9 Å². The van der Waals surface area contributed by atoms with Crippen LogP contribution in [0, 0.1) is 0 Å². The summed E-state index contributed by atoms with van der Waals surface area (Å²) < 4.78 is 34.6. The van der Waals surface area contributed by atoms with Gasteiger partial charge in [-0.1, -0.05) is 289 Å². The van der Waals surface area contributed by atoms with E-state index in [1.54, 1.807) is 0 Å². The van der Waals surface area contributed by atoms with Crippen molar-refractivity contribution in [3.63, 3.8) is 0 Å². The van der Waals surface area contributed by atoms with Crippen LogP contribution in [-0.2, 0) is 32.7 Å². The zero-order valence-electron chi connectivity index (χ0n) is 59.3. The highest BCUT2D eigenvalue weighted by molar-refractivity contribution is 7.47. The Morgan fingerprint density at radius 3 is 0.883 bits per heavy atom. The molecule has 0 saturated carbocycles. The molecule has 0 aliphatic carbocycles. The van der Waals surface area contributed by atoms with E-state index in [9.17, 15) is 19.0 Å². The molecule has 0 aliphatic rings. The van der Waals surface area contributed by atoms with Crippen LogP contribution in [0.15, 0.2) is 243 Å². The van der Waals surface area contributed by atoms with Crippen LogP contribution in [0.4, 0.5) is 0 Å². The Balaban J connectivity index is 4.26. The quantitative estimate of drug-likeness (QED) is 0.0211. The van der Waals surface area contributed by atoms with Crippen molar-refractivity contribution in [2.75, 3.05) is 47.5 Å². The number of carbonyl (C=O) groups is 2. The number of rotatable bonds is 62. The summed E-state index contributed by atoms with van der Waals surface area (Å²) in [5.74, 6) is -0.902. The van der Waals surface area contributed by atoms with Crippen molar-refractivity contribution in [2.24, 2.45) is 0 Å². The number of unbranched alkanes of at least 4 members (excludes halogenated alkanes) is 8. The fourth-order valence-corrected chi connectivity index (χ4v) is 9.23. The number of ether oxygens (including phenoxy) is 2. The van der Waals surface area contributed by atoms with Crippen molar-refractivity contribution in [1.82, 2.24) is 0 Å². The molecule has 0 spiro atoms. The van der Waals surface area contributed by atoms with Gasteiger partial charge in [0.25, 0.3) is 0 Å². The van der Waals surface area contributed by atoms with E-state index in [1.165, 1.54) is 12.8 Å². The molecule has 0 bridgehead atoms. The van der Waals surface area contributed by atoms with Crippen LogP contribution in [0.25, 0.3) is 0 Å². The Bertz CT molecular complexity index is 2490. The first-order valence-corrected chi connectivity index (χ1v) is 37.3. The predicted octanol–water partition coefficient (Wildman–Crippen LogP) is 23.9. The number of esters is 2. The summed E-state index contributed by atoms with van der Waals surface area (Å²) in [7, 11) is 1.40. The molecule has 1 N–H and O–H groups in total. The first-order chi connectivity index (χ1) is 46.0. The predicted molar refractivity (Wildman–Crippen MR) is 407 cm³/mol. The molecule has 0 radical (unpaired) electrons. The molecule has 2 atom stereocenters. The first kappa shape index (κ1) is 87.8. The minimum atomic E-state index is -4.43. The number of hydrogen-bond acceptors (Lipinski definition) is 7. The summed E-state index contributed by atoms with van der Waals surface area (Å²) in [5, 5.41) is 0. The van der Waals surface area contributed by atoms with Gasteiger partial charge in [0.1, 0.15) is 19.8 Å². The molecule has 0 aliphatic heterocycles. The lowest BCUT2D eigenvalue weighted by molar-refractivity contribution is -0.870. The molecule has 0 heterocycles. The number of quaternary nitrogens is 1.